The summed E-state index contributed by atoms with van der Waals surface area (Å²) in [6.45, 7) is 0.445. The van der Waals surface area contributed by atoms with Crippen LogP contribution in [0.25, 0.3) is 0 Å². The second-order valence-electron chi connectivity index (χ2n) is 5.66. The molecule has 1 N–H and O–H groups in total. The van der Waals surface area contributed by atoms with Crippen LogP contribution in [0.2, 0.25) is 0 Å². The van der Waals surface area contributed by atoms with E-state index >= 15 is 0 Å². The number of amides is 1. The number of nitrogens with one attached hydrogen (secondary N) is 1. The number of hydrogen-bond donors (Lipinski definition) is 1. The minimum Gasteiger partial charge on any atom is -0.497 e. The van der Waals surface area contributed by atoms with Crippen LogP contribution in [-0.4, -0.2) is 33.8 Å². The Hall–Kier alpha value is -2.53. The van der Waals surface area contributed by atoms with E-state index in [1.807, 2.05) is 48.5 Å². The van der Waals surface area contributed by atoms with Crippen LogP contribution in [0.1, 0.15) is 23.7 Å². The van der Waals surface area contributed by atoms with E-state index in [0.717, 1.165) is 22.6 Å². The molecule has 1 atom stereocenters. The van der Waals surface area contributed by atoms with Crippen molar-refractivity contribution in [3.63, 3.8) is 0 Å². The van der Waals surface area contributed by atoms with Gasteiger partial charge >= 0.3 is 0 Å². The topological polar surface area (TPSA) is 56.8 Å². The normalized spacial score (nSPS) is 11.6. The molecule has 2 aromatic carbocycles. The first kappa shape index (κ1) is 18.8. The zero-order chi connectivity index (χ0) is 18.1. The van der Waals surface area contributed by atoms with E-state index in [1.165, 1.54) is 0 Å². The van der Waals surface area contributed by atoms with E-state index in [1.54, 1.807) is 21.3 Å². The minimum atomic E-state index is -0.151. The van der Waals surface area contributed by atoms with Gasteiger partial charge in [0.2, 0.25) is 5.91 Å². The van der Waals surface area contributed by atoms with Crippen LogP contribution in [0.5, 0.6) is 11.5 Å². The Balaban J connectivity index is 1.86. The Kier molecular flexibility index (Phi) is 7.29. The highest BCUT2D eigenvalue weighted by Gasteiger charge is 2.12. The number of rotatable bonds is 9. The van der Waals surface area contributed by atoms with Crippen LogP contribution >= 0.6 is 0 Å². The highest BCUT2D eigenvalue weighted by Crippen LogP contribution is 2.23. The van der Waals surface area contributed by atoms with Crippen molar-refractivity contribution in [2.45, 2.75) is 18.9 Å². The Bertz CT molecular complexity index is 650. The second kappa shape index (κ2) is 9.69. The molecule has 2 rings (SSSR count). The molecule has 0 radical (unpaired) electrons. The molecular formula is C20H25NO4. The molecule has 0 aliphatic heterocycles. The number of methoxy groups -OCH3 is 3. The van der Waals surface area contributed by atoms with Crippen molar-refractivity contribution in [3.8, 4) is 11.5 Å². The van der Waals surface area contributed by atoms with Crippen molar-refractivity contribution in [2.75, 3.05) is 27.9 Å². The number of aryl methyl sites for hydroxylation is 1. The standard InChI is InChI=1S/C20H25NO4/c1-23-17-11-15(12-18(13-17)24-2)9-10-20(22)21-14-19(25-3)16-7-5-4-6-8-16/h4-8,11-13,19H,9-10,14H2,1-3H3,(H,21,22). The highest BCUT2D eigenvalue weighted by molar-refractivity contribution is 5.76. The summed E-state index contributed by atoms with van der Waals surface area (Å²) in [6, 6.07) is 15.5. The van der Waals surface area contributed by atoms with E-state index in [-0.39, 0.29) is 12.0 Å². The fourth-order valence-electron chi connectivity index (χ4n) is 2.57. The molecule has 0 aromatic heterocycles. The summed E-state index contributed by atoms with van der Waals surface area (Å²) >= 11 is 0. The Morgan fingerprint density at radius 1 is 1.00 bits per heavy atom. The molecule has 0 saturated heterocycles. The fraction of sp³-hybridized carbons (Fsp3) is 0.350. The van der Waals surface area contributed by atoms with Crippen molar-refractivity contribution in [3.05, 3.63) is 59.7 Å². The van der Waals surface area contributed by atoms with Gasteiger partial charge in [-0.2, -0.15) is 0 Å². The number of hydrogen-bond acceptors (Lipinski definition) is 4. The van der Waals surface area contributed by atoms with Gasteiger partial charge in [-0.1, -0.05) is 30.3 Å². The maximum absolute atomic E-state index is 12.1. The molecule has 0 aliphatic carbocycles. The van der Waals surface area contributed by atoms with Gasteiger partial charge in [0.25, 0.3) is 0 Å². The van der Waals surface area contributed by atoms with Gasteiger partial charge in [-0.15, -0.1) is 0 Å². The van der Waals surface area contributed by atoms with E-state index in [9.17, 15) is 4.79 Å². The summed E-state index contributed by atoms with van der Waals surface area (Å²) in [5.74, 6) is 1.43. The molecule has 0 bridgehead atoms. The lowest BCUT2D eigenvalue weighted by atomic mass is 10.1. The lowest BCUT2D eigenvalue weighted by molar-refractivity contribution is -0.121. The average molecular weight is 343 g/mol. The SMILES string of the molecule is COc1cc(CCC(=O)NCC(OC)c2ccccc2)cc(OC)c1. The molecule has 0 heterocycles. The largest absolute Gasteiger partial charge is 0.497 e. The van der Waals surface area contributed by atoms with Crippen molar-refractivity contribution in [2.24, 2.45) is 0 Å². The van der Waals surface area contributed by atoms with E-state index < -0.39 is 0 Å². The quantitative estimate of drug-likeness (QED) is 0.760. The summed E-state index contributed by atoms with van der Waals surface area (Å²) in [5.41, 5.74) is 2.04. The first-order chi connectivity index (χ1) is 12.2. The molecule has 2 aromatic rings. The predicted molar refractivity (Wildman–Crippen MR) is 97.1 cm³/mol. The van der Waals surface area contributed by atoms with Crippen LogP contribution in [0.15, 0.2) is 48.5 Å². The molecule has 5 nitrogen and oxygen atoms in total. The summed E-state index contributed by atoms with van der Waals surface area (Å²) in [5, 5.41) is 2.93. The molecule has 0 spiro atoms. The van der Waals surface area contributed by atoms with Gasteiger partial charge in [-0.3, -0.25) is 4.79 Å². The molecule has 5 heteroatoms. The summed E-state index contributed by atoms with van der Waals surface area (Å²) in [6.07, 6.45) is 0.853. The van der Waals surface area contributed by atoms with Crippen molar-refractivity contribution in [1.29, 1.82) is 0 Å². The van der Waals surface area contributed by atoms with Crippen LogP contribution in [0, 0.1) is 0 Å². The van der Waals surface area contributed by atoms with Crippen LogP contribution in [0.4, 0.5) is 0 Å². The first-order valence-corrected chi connectivity index (χ1v) is 8.22. The average Bonchev–Trinajstić information content (AvgIpc) is 2.67. The van der Waals surface area contributed by atoms with E-state index in [4.69, 9.17) is 14.2 Å². The molecule has 1 unspecified atom stereocenters. The first-order valence-electron chi connectivity index (χ1n) is 8.22. The van der Waals surface area contributed by atoms with Crippen LogP contribution < -0.4 is 14.8 Å². The van der Waals surface area contributed by atoms with Gasteiger partial charge in [-0.25, -0.2) is 0 Å². The van der Waals surface area contributed by atoms with Crippen molar-refractivity contribution < 1.29 is 19.0 Å². The maximum atomic E-state index is 12.1. The highest BCUT2D eigenvalue weighted by atomic mass is 16.5. The molecule has 0 aliphatic rings. The fourth-order valence-corrected chi connectivity index (χ4v) is 2.57. The maximum Gasteiger partial charge on any atom is 0.220 e. The van der Waals surface area contributed by atoms with Gasteiger partial charge in [0, 0.05) is 26.1 Å². The van der Waals surface area contributed by atoms with Gasteiger partial charge < -0.3 is 19.5 Å². The number of carbonyl (C=O) groups is 1. The van der Waals surface area contributed by atoms with Gasteiger partial charge in [0.15, 0.2) is 0 Å². The van der Waals surface area contributed by atoms with E-state index in [2.05, 4.69) is 5.32 Å². The van der Waals surface area contributed by atoms with Crippen LogP contribution in [0.3, 0.4) is 0 Å². The molecule has 1 amide bonds. The zero-order valence-electron chi connectivity index (χ0n) is 15.0. The Labute approximate surface area is 148 Å². The van der Waals surface area contributed by atoms with Crippen LogP contribution in [-0.2, 0) is 16.0 Å². The minimum absolute atomic E-state index is 0.0141. The Morgan fingerprint density at radius 3 is 2.20 bits per heavy atom. The van der Waals surface area contributed by atoms with Crippen molar-refractivity contribution in [1.82, 2.24) is 5.32 Å². The third-order valence-corrected chi connectivity index (χ3v) is 3.99. The number of benzene rings is 2. The number of carbonyl (C=O) groups excluding carboxylic acids is 1. The second-order valence-corrected chi connectivity index (χ2v) is 5.66. The van der Waals surface area contributed by atoms with E-state index in [0.29, 0.717) is 19.4 Å². The number of ether oxygens (including phenoxy) is 3. The lowest BCUT2D eigenvalue weighted by Gasteiger charge is -2.16. The monoisotopic (exact) mass is 343 g/mol. The van der Waals surface area contributed by atoms with Gasteiger partial charge in [-0.05, 0) is 29.7 Å². The smallest absolute Gasteiger partial charge is 0.220 e. The molecule has 0 fully saturated rings. The van der Waals surface area contributed by atoms with Gasteiger partial charge in [0.05, 0.1) is 20.3 Å². The predicted octanol–water partition coefficient (Wildman–Crippen LogP) is 3.14. The zero-order valence-corrected chi connectivity index (χ0v) is 15.0. The Morgan fingerprint density at radius 2 is 1.64 bits per heavy atom. The lowest BCUT2D eigenvalue weighted by Crippen LogP contribution is -2.29. The molecular weight excluding hydrogens is 318 g/mol. The summed E-state index contributed by atoms with van der Waals surface area (Å²) in [7, 11) is 4.87. The summed E-state index contributed by atoms with van der Waals surface area (Å²) < 4.78 is 16.0. The third-order valence-electron chi connectivity index (χ3n) is 3.99. The molecule has 134 valence electrons. The van der Waals surface area contributed by atoms with Gasteiger partial charge in [0.1, 0.15) is 11.5 Å². The molecule has 25 heavy (non-hydrogen) atoms. The summed E-state index contributed by atoms with van der Waals surface area (Å²) in [4.78, 5) is 12.1. The third kappa shape index (κ3) is 5.80. The molecule has 0 saturated carbocycles. The van der Waals surface area contributed by atoms with Crippen molar-refractivity contribution >= 4 is 5.91 Å².